The fourth-order valence-electron chi connectivity index (χ4n) is 2.29. The van der Waals surface area contributed by atoms with Gasteiger partial charge in [-0.3, -0.25) is 9.59 Å². The highest BCUT2D eigenvalue weighted by molar-refractivity contribution is 5.91. The van der Waals surface area contributed by atoms with E-state index in [1.54, 1.807) is 12.1 Å². The highest BCUT2D eigenvalue weighted by Gasteiger charge is 2.22. The van der Waals surface area contributed by atoms with Crippen LogP contribution < -0.4 is 5.32 Å². The van der Waals surface area contributed by atoms with Crippen LogP contribution in [0.15, 0.2) is 22.8 Å². The predicted octanol–water partition coefficient (Wildman–Crippen LogP) is 1.43. The van der Waals surface area contributed by atoms with E-state index in [4.69, 9.17) is 9.15 Å². The van der Waals surface area contributed by atoms with Gasteiger partial charge >= 0.3 is 0 Å². The number of furan rings is 1. The summed E-state index contributed by atoms with van der Waals surface area (Å²) in [6.45, 7) is 4.47. The SMILES string of the molecule is CCC1CN(C(=O)CCCNC(=O)c2ccco2)CCO1. The minimum absolute atomic E-state index is 0.129. The predicted molar refractivity (Wildman–Crippen MR) is 76.9 cm³/mol. The molecule has 1 aromatic rings. The van der Waals surface area contributed by atoms with Gasteiger partial charge in [-0.15, -0.1) is 0 Å². The Morgan fingerprint density at radius 2 is 2.33 bits per heavy atom. The molecule has 6 nitrogen and oxygen atoms in total. The van der Waals surface area contributed by atoms with Gasteiger partial charge in [0, 0.05) is 26.1 Å². The van der Waals surface area contributed by atoms with Gasteiger partial charge in [0.2, 0.25) is 5.91 Å². The molecule has 2 rings (SSSR count). The van der Waals surface area contributed by atoms with E-state index in [1.165, 1.54) is 6.26 Å². The summed E-state index contributed by atoms with van der Waals surface area (Å²) >= 11 is 0. The number of nitrogens with one attached hydrogen (secondary N) is 1. The molecule has 0 aliphatic carbocycles. The number of morpholine rings is 1. The Hall–Kier alpha value is -1.82. The first-order valence-corrected chi connectivity index (χ1v) is 7.41. The van der Waals surface area contributed by atoms with E-state index in [0.29, 0.717) is 44.8 Å². The van der Waals surface area contributed by atoms with Crippen LogP contribution in [0.4, 0.5) is 0 Å². The summed E-state index contributed by atoms with van der Waals surface area (Å²) in [5.41, 5.74) is 0. The van der Waals surface area contributed by atoms with Crippen molar-refractivity contribution in [2.24, 2.45) is 0 Å². The summed E-state index contributed by atoms with van der Waals surface area (Å²) in [5, 5.41) is 2.74. The Balaban J connectivity index is 1.64. The van der Waals surface area contributed by atoms with E-state index in [2.05, 4.69) is 12.2 Å². The lowest BCUT2D eigenvalue weighted by atomic mass is 10.2. The Morgan fingerprint density at radius 1 is 1.48 bits per heavy atom. The van der Waals surface area contributed by atoms with Crippen molar-refractivity contribution in [2.45, 2.75) is 32.3 Å². The fraction of sp³-hybridized carbons (Fsp3) is 0.600. The van der Waals surface area contributed by atoms with E-state index in [1.807, 2.05) is 4.90 Å². The molecule has 1 atom stereocenters. The molecular formula is C15H22N2O4. The zero-order chi connectivity index (χ0) is 15.1. The van der Waals surface area contributed by atoms with Gasteiger partial charge in [-0.2, -0.15) is 0 Å². The molecule has 0 radical (unpaired) electrons. The fourth-order valence-corrected chi connectivity index (χ4v) is 2.29. The molecule has 6 heteroatoms. The van der Waals surface area contributed by atoms with Gasteiger partial charge in [0.1, 0.15) is 0 Å². The third kappa shape index (κ3) is 4.60. The highest BCUT2D eigenvalue weighted by Crippen LogP contribution is 2.10. The third-order valence-corrected chi connectivity index (χ3v) is 3.54. The van der Waals surface area contributed by atoms with Gasteiger partial charge in [0.05, 0.1) is 19.0 Å². The van der Waals surface area contributed by atoms with Crippen LogP contribution in [0.1, 0.15) is 36.7 Å². The molecule has 1 aliphatic heterocycles. The van der Waals surface area contributed by atoms with Crippen LogP contribution in [0.2, 0.25) is 0 Å². The van der Waals surface area contributed by atoms with Crippen LogP contribution in [0.25, 0.3) is 0 Å². The Morgan fingerprint density at radius 3 is 3.05 bits per heavy atom. The van der Waals surface area contributed by atoms with Crippen molar-refractivity contribution in [1.82, 2.24) is 10.2 Å². The lowest BCUT2D eigenvalue weighted by Crippen LogP contribution is -2.45. The largest absolute Gasteiger partial charge is 0.459 e. The average molecular weight is 294 g/mol. The third-order valence-electron chi connectivity index (χ3n) is 3.54. The molecular weight excluding hydrogens is 272 g/mol. The zero-order valence-corrected chi connectivity index (χ0v) is 12.3. The molecule has 1 fully saturated rings. The molecule has 2 heterocycles. The number of hydrogen-bond donors (Lipinski definition) is 1. The van der Waals surface area contributed by atoms with E-state index in [9.17, 15) is 9.59 Å². The molecule has 0 saturated carbocycles. The maximum absolute atomic E-state index is 12.1. The average Bonchev–Trinajstić information content (AvgIpc) is 3.05. The lowest BCUT2D eigenvalue weighted by Gasteiger charge is -2.32. The summed E-state index contributed by atoms with van der Waals surface area (Å²) in [7, 11) is 0. The molecule has 116 valence electrons. The van der Waals surface area contributed by atoms with Crippen LogP contribution in [0.3, 0.4) is 0 Å². The molecule has 1 unspecified atom stereocenters. The molecule has 21 heavy (non-hydrogen) atoms. The second-order valence-electron chi connectivity index (χ2n) is 5.08. The zero-order valence-electron chi connectivity index (χ0n) is 12.3. The van der Waals surface area contributed by atoms with E-state index in [-0.39, 0.29) is 17.9 Å². The maximum Gasteiger partial charge on any atom is 0.286 e. The van der Waals surface area contributed by atoms with Crippen LogP contribution >= 0.6 is 0 Å². The first-order chi connectivity index (χ1) is 10.2. The summed E-state index contributed by atoms with van der Waals surface area (Å²) in [5.74, 6) is 0.175. The van der Waals surface area contributed by atoms with Gasteiger partial charge in [0.15, 0.2) is 5.76 Å². The quantitative estimate of drug-likeness (QED) is 0.806. The van der Waals surface area contributed by atoms with Gasteiger partial charge in [-0.05, 0) is 25.0 Å². The normalized spacial score (nSPS) is 18.5. The number of carbonyl (C=O) groups is 2. The van der Waals surface area contributed by atoms with E-state index < -0.39 is 0 Å². The van der Waals surface area contributed by atoms with Crippen molar-refractivity contribution in [3.05, 3.63) is 24.2 Å². The smallest absolute Gasteiger partial charge is 0.286 e. The minimum Gasteiger partial charge on any atom is -0.459 e. The van der Waals surface area contributed by atoms with Crippen LogP contribution in [0.5, 0.6) is 0 Å². The van der Waals surface area contributed by atoms with E-state index >= 15 is 0 Å². The number of hydrogen-bond acceptors (Lipinski definition) is 4. The Bertz CT molecular complexity index is 458. The van der Waals surface area contributed by atoms with Crippen LogP contribution in [-0.4, -0.2) is 49.1 Å². The summed E-state index contributed by atoms with van der Waals surface area (Å²) < 4.78 is 10.5. The molecule has 1 aromatic heterocycles. The van der Waals surface area contributed by atoms with Crippen LogP contribution in [0, 0.1) is 0 Å². The van der Waals surface area contributed by atoms with Crippen molar-refractivity contribution >= 4 is 11.8 Å². The summed E-state index contributed by atoms with van der Waals surface area (Å²) in [6, 6.07) is 3.28. The van der Waals surface area contributed by atoms with Crippen molar-refractivity contribution in [2.75, 3.05) is 26.2 Å². The molecule has 1 aliphatic rings. The van der Waals surface area contributed by atoms with Crippen molar-refractivity contribution in [1.29, 1.82) is 0 Å². The van der Waals surface area contributed by atoms with Gasteiger partial charge in [-0.25, -0.2) is 0 Å². The Kier molecular flexibility index (Phi) is 5.80. The van der Waals surface area contributed by atoms with Crippen molar-refractivity contribution in [3.63, 3.8) is 0 Å². The molecule has 2 amide bonds. The van der Waals surface area contributed by atoms with E-state index in [0.717, 1.165) is 6.42 Å². The lowest BCUT2D eigenvalue weighted by molar-refractivity contribution is -0.138. The number of carbonyl (C=O) groups excluding carboxylic acids is 2. The molecule has 0 aromatic carbocycles. The standard InChI is InChI=1S/C15H22N2O4/c1-2-12-11-17(8-10-20-12)14(18)6-3-7-16-15(19)13-5-4-9-21-13/h4-5,9,12H,2-3,6-8,10-11H2,1H3,(H,16,19). The maximum atomic E-state index is 12.1. The second kappa shape index (κ2) is 7.83. The molecule has 1 N–H and O–H groups in total. The first-order valence-electron chi connectivity index (χ1n) is 7.41. The summed E-state index contributed by atoms with van der Waals surface area (Å²) in [4.78, 5) is 25.5. The monoisotopic (exact) mass is 294 g/mol. The van der Waals surface area contributed by atoms with Crippen molar-refractivity contribution < 1.29 is 18.7 Å². The second-order valence-corrected chi connectivity index (χ2v) is 5.08. The minimum atomic E-state index is -0.245. The molecule has 0 spiro atoms. The van der Waals surface area contributed by atoms with Crippen molar-refractivity contribution in [3.8, 4) is 0 Å². The van der Waals surface area contributed by atoms with Gasteiger partial charge < -0.3 is 19.4 Å². The molecule has 1 saturated heterocycles. The van der Waals surface area contributed by atoms with Crippen LogP contribution in [-0.2, 0) is 9.53 Å². The van der Waals surface area contributed by atoms with Gasteiger partial charge in [-0.1, -0.05) is 6.92 Å². The number of rotatable bonds is 6. The van der Waals surface area contributed by atoms with Gasteiger partial charge in [0.25, 0.3) is 5.91 Å². The first kappa shape index (κ1) is 15.6. The number of amides is 2. The number of nitrogens with zero attached hydrogens (tertiary/aromatic N) is 1. The topological polar surface area (TPSA) is 71.8 Å². The molecule has 0 bridgehead atoms. The Labute approximate surface area is 124 Å². The summed E-state index contributed by atoms with van der Waals surface area (Å²) in [6.07, 6.45) is 3.60. The highest BCUT2D eigenvalue weighted by atomic mass is 16.5. The number of ether oxygens (including phenoxy) is 1.